The summed E-state index contributed by atoms with van der Waals surface area (Å²) >= 11 is 0. The predicted molar refractivity (Wildman–Crippen MR) is 57.0 cm³/mol. The summed E-state index contributed by atoms with van der Waals surface area (Å²) in [5, 5.41) is 3.09. The van der Waals surface area contributed by atoms with Gasteiger partial charge in [0.15, 0.2) is 0 Å². The molecule has 1 aliphatic heterocycles. The van der Waals surface area contributed by atoms with Crippen LogP contribution < -0.4 is 5.32 Å². The molecule has 1 aliphatic carbocycles. The first-order valence-corrected chi connectivity index (χ1v) is 6.02. The number of carbonyl (C=O) groups is 1. The molecule has 1 saturated heterocycles. The highest BCUT2D eigenvalue weighted by Gasteiger charge is 2.43. The van der Waals surface area contributed by atoms with E-state index in [-0.39, 0.29) is 5.91 Å². The maximum Gasteiger partial charge on any atom is 0.220 e. The minimum Gasteiger partial charge on any atom is -0.353 e. The van der Waals surface area contributed by atoms with Crippen molar-refractivity contribution in [1.82, 2.24) is 5.32 Å². The average Bonchev–Trinajstić information content (AvgIpc) is 2.36. The second kappa shape index (κ2) is 3.92. The minimum absolute atomic E-state index is 0.276. The number of amides is 1. The molecule has 1 N–H and O–H groups in total. The third-order valence-corrected chi connectivity index (χ3v) is 4.16. The van der Waals surface area contributed by atoms with Gasteiger partial charge in [0, 0.05) is 12.5 Å². The van der Waals surface area contributed by atoms with Crippen LogP contribution in [0.15, 0.2) is 0 Å². The Labute approximate surface area is 86.5 Å². The maximum atomic E-state index is 11.4. The van der Waals surface area contributed by atoms with Crippen molar-refractivity contribution in [3.63, 3.8) is 0 Å². The molecule has 1 heterocycles. The van der Waals surface area contributed by atoms with E-state index < -0.39 is 0 Å². The van der Waals surface area contributed by atoms with Crippen LogP contribution in [-0.2, 0) is 4.79 Å². The van der Waals surface area contributed by atoms with Crippen LogP contribution >= 0.6 is 0 Å². The van der Waals surface area contributed by atoms with Crippen molar-refractivity contribution in [2.24, 2.45) is 5.41 Å². The van der Waals surface area contributed by atoms with Gasteiger partial charge in [-0.15, -0.1) is 0 Å². The van der Waals surface area contributed by atoms with Crippen molar-refractivity contribution >= 4 is 5.91 Å². The van der Waals surface area contributed by atoms with E-state index in [2.05, 4.69) is 12.2 Å². The van der Waals surface area contributed by atoms with Crippen molar-refractivity contribution in [2.75, 3.05) is 0 Å². The highest BCUT2D eigenvalue weighted by molar-refractivity contribution is 5.79. The van der Waals surface area contributed by atoms with Gasteiger partial charge in [-0.05, 0) is 25.2 Å². The van der Waals surface area contributed by atoms with Crippen LogP contribution in [0, 0.1) is 5.41 Å². The predicted octanol–water partition coefficient (Wildman–Crippen LogP) is 2.63. The average molecular weight is 195 g/mol. The Kier molecular flexibility index (Phi) is 2.80. The Balaban J connectivity index is 2.07. The fraction of sp³-hybridized carbons (Fsp3) is 0.917. The molecule has 1 amide bonds. The first-order valence-electron chi connectivity index (χ1n) is 6.02. The summed E-state index contributed by atoms with van der Waals surface area (Å²) in [6.45, 7) is 2.19. The summed E-state index contributed by atoms with van der Waals surface area (Å²) in [6, 6.07) is 0.410. The fourth-order valence-electron chi connectivity index (χ4n) is 3.14. The van der Waals surface area contributed by atoms with Crippen LogP contribution in [0.2, 0.25) is 0 Å². The summed E-state index contributed by atoms with van der Waals surface area (Å²) in [7, 11) is 0. The monoisotopic (exact) mass is 195 g/mol. The lowest BCUT2D eigenvalue weighted by Crippen LogP contribution is -2.34. The molecule has 14 heavy (non-hydrogen) atoms. The quantitative estimate of drug-likeness (QED) is 0.632. The van der Waals surface area contributed by atoms with Crippen molar-refractivity contribution in [2.45, 2.75) is 64.3 Å². The molecular weight excluding hydrogens is 174 g/mol. The van der Waals surface area contributed by atoms with E-state index in [1.807, 2.05) is 0 Å². The molecule has 80 valence electrons. The molecule has 2 rings (SSSR count). The fourth-order valence-corrected chi connectivity index (χ4v) is 3.14. The van der Waals surface area contributed by atoms with Gasteiger partial charge in [-0.1, -0.05) is 32.1 Å². The normalized spacial score (nSPS) is 32.4. The summed E-state index contributed by atoms with van der Waals surface area (Å²) in [5.74, 6) is 0.276. The molecule has 0 aromatic rings. The molecule has 1 spiro atoms. The van der Waals surface area contributed by atoms with Crippen molar-refractivity contribution in [3.05, 3.63) is 0 Å². The Hall–Kier alpha value is -0.530. The Morgan fingerprint density at radius 1 is 1.14 bits per heavy atom. The van der Waals surface area contributed by atoms with Crippen molar-refractivity contribution in [3.8, 4) is 0 Å². The van der Waals surface area contributed by atoms with Crippen LogP contribution in [0.3, 0.4) is 0 Å². The highest BCUT2D eigenvalue weighted by atomic mass is 16.2. The second-order valence-corrected chi connectivity index (χ2v) is 5.10. The Morgan fingerprint density at radius 2 is 1.71 bits per heavy atom. The van der Waals surface area contributed by atoms with Gasteiger partial charge in [0.2, 0.25) is 5.91 Å². The zero-order chi connectivity index (χ0) is 10.0. The standard InChI is InChI=1S/C12H21NO/c1-10-12(9-11(14)13-10)7-5-3-2-4-6-8-12/h10H,2-9H2,1H3,(H,13,14). The lowest BCUT2D eigenvalue weighted by atomic mass is 9.71. The molecule has 1 saturated carbocycles. The van der Waals surface area contributed by atoms with E-state index in [0.717, 1.165) is 6.42 Å². The van der Waals surface area contributed by atoms with E-state index in [4.69, 9.17) is 0 Å². The van der Waals surface area contributed by atoms with E-state index >= 15 is 0 Å². The molecule has 0 aromatic heterocycles. The maximum absolute atomic E-state index is 11.4. The van der Waals surface area contributed by atoms with Crippen LogP contribution in [0.25, 0.3) is 0 Å². The largest absolute Gasteiger partial charge is 0.353 e. The van der Waals surface area contributed by atoms with Crippen molar-refractivity contribution < 1.29 is 4.79 Å². The van der Waals surface area contributed by atoms with Gasteiger partial charge in [0.1, 0.15) is 0 Å². The third-order valence-electron chi connectivity index (χ3n) is 4.16. The molecule has 1 atom stereocenters. The summed E-state index contributed by atoms with van der Waals surface area (Å²) in [5.41, 5.74) is 0.317. The zero-order valence-corrected chi connectivity index (χ0v) is 9.14. The second-order valence-electron chi connectivity index (χ2n) is 5.10. The van der Waals surface area contributed by atoms with Gasteiger partial charge < -0.3 is 5.32 Å². The van der Waals surface area contributed by atoms with E-state index in [1.165, 1.54) is 44.9 Å². The van der Waals surface area contributed by atoms with Crippen LogP contribution in [0.5, 0.6) is 0 Å². The molecule has 2 heteroatoms. The SMILES string of the molecule is CC1NC(=O)CC12CCCCCCC2. The molecule has 2 nitrogen and oxygen atoms in total. The van der Waals surface area contributed by atoms with Gasteiger partial charge in [-0.3, -0.25) is 4.79 Å². The van der Waals surface area contributed by atoms with E-state index in [9.17, 15) is 4.79 Å². The smallest absolute Gasteiger partial charge is 0.220 e. The molecule has 0 bridgehead atoms. The summed E-state index contributed by atoms with van der Waals surface area (Å²) < 4.78 is 0. The number of carbonyl (C=O) groups excluding carboxylic acids is 1. The van der Waals surface area contributed by atoms with Gasteiger partial charge >= 0.3 is 0 Å². The van der Waals surface area contributed by atoms with Gasteiger partial charge in [0.25, 0.3) is 0 Å². The van der Waals surface area contributed by atoms with Crippen molar-refractivity contribution in [1.29, 1.82) is 0 Å². The molecular formula is C12H21NO. The van der Waals surface area contributed by atoms with Gasteiger partial charge in [0.05, 0.1) is 0 Å². The summed E-state index contributed by atoms with van der Waals surface area (Å²) in [4.78, 5) is 11.4. The Morgan fingerprint density at radius 3 is 2.21 bits per heavy atom. The van der Waals surface area contributed by atoms with Crippen LogP contribution in [-0.4, -0.2) is 11.9 Å². The van der Waals surface area contributed by atoms with E-state index in [1.54, 1.807) is 0 Å². The van der Waals surface area contributed by atoms with Gasteiger partial charge in [-0.2, -0.15) is 0 Å². The zero-order valence-electron chi connectivity index (χ0n) is 9.14. The summed E-state index contributed by atoms with van der Waals surface area (Å²) in [6.07, 6.45) is 10.1. The Bertz CT molecular complexity index is 216. The van der Waals surface area contributed by atoms with Crippen LogP contribution in [0.4, 0.5) is 0 Å². The molecule has 0 aromatic carbocycles. The van der Waals surface area contributed by atoms with E-state index in [0.29, 0.717) is 11.5 Å². The minimum atomic E-state index is 0.276. The van der Waals surface area contributed by atoms with Gasteiger partial charge in [-0.25, -0.2) is 0 Å². The number of hydrogen-bond acceptors (Lipinski definition) is 1. The lowest BCUT2D eigenvalue weighted by Gasteiger charge is -2.33. The molecule has 0 radical (unpaired) electrons. The molecule has 2 aliphatic rings. The van der Waals surface area contributed by atoms with Crippen LogP contribution in [0.1, 0.15) is 58.3 Å². The first-order chi connectivity index (χ1) is 6.73. The number of nitrogens with one attached hydrogen (secondary N) is 1. The number of rotatable bonds is 0. The molecule has 1 unspecified atom stereocenters. The first kappa shape index (κ1) is 10.0. The number of hydrogen-bond donors (Lipinski definition) is 1. The molecule has 2 fully saturated rings. The topological polar surface area (TPSA) is 29.1 Å². The lowest BCUT2D eigenvalue weighted by molar-refractivity contribution is -0.119. The highest BCUT2D eigenvalue weighted by Crippen LogP contribution is 2.43. The third kappa shape index (κ3) is 1.79.